The number of nitrogens with zero attached hydrogens (tertiary/aromatic N) is 7. The van der Waals surface area contributed by atoms with Gasteiger partial charge in [0.2, 0.25) is 11.9 Å². The first-order valence-electron chi connectivity index (χ1n) is 15.3. The molecule has 0 amide bonds. The predicted molar refractivity (Wildman–Crippen MR) is 188 cm³/mol. The summed E-state index contributed by atoms with van der Waals surface area (Å²) < 4.78 is 9.84. The van der Waals surface area contributed by atoms with E-state index in [1.165, 1.54) is 0 Å². The van der Waals surface area contributed by atoms with Gasteiger partial charge in [-0.25, -0.2) is 19.9 Å². The molecule has 5 aromatic carbocycles. The summed E-state index contributed by atoms with van der Waals surface area (Å²) in [5.41, 5.74) is 7.14. The highest BCUT2D eigenvalue weighted by molar-refractivity contribution is 6.20. The molecule has 0 unspecified atom stereocenters. The molecule has 224 valence electrons. The summed E-state index contributed by atoms with van der Waals surface area (Å²) in [7, 11) is 1.69. The lowest BCUT2D eigenvalue weighted by atomic mass is 10.1. The van der Waals surface area contributed by atoms with E-state index in [2.05, 4.69) is 131 Å². The summed E-state index contributed by atoms with van der Waals surface area (Å²) in [4.78, 5) is 20.9. The van der Waals surface area contributed by atoms with Crippen molar-refractivity contribution in [3.8, 4) is 17.6 Å². The number of rotatable bonds is 6. The summed E-state index contributed by atoms with van der Waals surface area (Å²) in [5.74, 6) is 2.04. The van der Waals surface area contributed by atoms with Gasteiger partial charge in [-0.3, -0.25) is 9.13 Å². The molecule has 0 saturated heterocycles. The second-order valence-electron chi connectivity index (χ2n) is 11.2. The van der Waals surface area contributed by atoms with Gasteiger partial charge >= 0.3 is 0 Å². The minimum Gasteiger partial charge on any atom is -0.497 e. The molecule has 0 radical (unpaired) electrons. The molecule has 9 rings (SSSR count). The fraction of sp³-hybridized carbons (Fsp3) is 0.0256. The third kappa shape index (κ3) is 4.15. The Morgan fingerprint density at radius 2 is 0.915 bits per heavy atom. The predicted octanol–water partition coefficient (Wildman–Crippen LogP) is 8.94. The molecule has 0 spiro atoms. The van der Waals surface area contributed by atoms with Gasteiger partial charge in [0.05, 0.1) is 40.6 Å². The van der Waals surface area contributed by atoms with Crippen molar-refractivity contribution in [1.29, 1.82) is 0 Å². The minimum absolute atomic E-state index is 0.625. The second-order valence-corrected chi connectivity index (χ2v) is 11.2. The highest BCUT2D eigenvalue weighted by Gasteiger charge is 2.25. The van der Waals surface area contributed by atoms with E-state index in [1.54, 1.807) is 31.9 Å². The van der Waals surface area contributed by atoms with Gasteiger partial charge in [0, 0.05) is 52.0 Å². The van der Waals surface area contributed by atoms with Crippen molar-refractivity contribution in [2.45, 2.75) is 0 Å². The van der Waals surface area contributed by atoms with Crippen LogP contribution in [0, 0.1) is 0 Å². The van der Waals surface area contributed by atoms with Crippen molar-refractivity contribution in [3.63, 3.8) is 0 Å². The van der Waals surface area contributed by atoms with E-state index < -0.39 is 0 Å². The first-order chi connectivity index (χ1) is 23.3. The lowest BCUT2D eigenvalue weighted by Gasteiger charge is -2.27. The SMILES string of the molecule is COc1ccc(N(c2cccc3c2c2ccccc2n3-c2ncccn2)c2cccc3c2c2ccccc2n3-c2ncccn2)cc1. The molecule has 4 aromatic heterocycles. The summed E-state index contributed by atoms with van der Waals surface area (Å²) in [6.45, 7) is 0. The quantitative estimate of drug-likeness (QED) is 0.187. The van der Waals surface area contributed by atoms with Gasteiger partial charge in [0.15, 0.2) is 0 Å². The molecule has 47 heavy (non-hydrogen) atoms. The fourth-order valence-corrected chi connectivity index (χ4v) is 6.76. The van der Waals surface area contributed by atoms with Gasteiger partial charge in [0.1, 0.15) is 5.75 Å². The van der Waals surface area contributed by atoms with Crippen LogP contribution in [0.2, 0.25) is 0 Å². The van der Waals surface area contributed by atoms with Crippen LogP contribution < -0.4 is 9.64 Å². The number of ether oxygens (including phenoxy) is 1. The third-order valence-corrected chi connectivity index (χ3v) is 8.67. The fourth-order valence-electron chi connectivity index (χ4n) is 6.76. The largest absolute Gasteiger partial charge is 0.497 e. The number of hydrogen-bond donors (Lipinski definition) is 0. The maximum Gasteiger partial charge on any atom is 0.234 e. The summed E-state index contributed by atoms with van der Waals surface area (Å²) in [6.07, 6.45) is 7.12. The van der Waals surface area contributed by atoms with E-state index in [4.69, 9.17) is 4.74 Å². The lowest BCUT2D eigenvalue weighted by molar-refractivity contribution is 0.415. The van der Waals surface area contributed by atoms with Crippen molar-refractivity contribution in [2.24, 2.45) is 0 Å². The molecule has 9 aromatic rings. The molecule has 8 nitrogen and oxygen atoms in total. The molecule has 0 aliphatic rings. The molecule has 0 saturated carbocycles. The first kappa shape index (κ1) is 26.8. The smallest absolute Gasteiger partial charge is 0.234 e. The lowest BCUT2D eigenvalue weighted by Crippen LogP contribution is -2.11. The Kier molecular flexibility index (Phi) is 6.17. The van der Waals surface area contributed by atoms with Crippen LogP contribution in [0.5, 0.6) is 5.75 Å². The molecule has 0 aliphatic carbocycles. The number of anilines is 3. The number of hydrogen-bond acceptors (Lipinski definition) is 6. The number of benzene rings is 5. The molecule has 4 heterocycles. The van der Waals surface area contributed by atoms with Crippen molar-refractivity contribution in [3.05, 3.63) is 146 Å². The second kappa shape index (κ2) is 10.8. The minimum atomic E-state index is 0.625. The maximum absolute atomic E-state index is 5.57. The van der Waals surface area contributed by atoms with Crippen LogP contribution >= 0.6 is 0 Å². The van der Waals surface area contributed by atoms with Crippen LogP contribution in [-0.2, 0) is 0 Å². The van der Waals surface area contributed by atoms with Crippen LogP contribution in [0.4, 0.5) is 17.1 Å². The van der Waals surface area contributed by atoms with Gasteiger partial charge in [-0.1, -0.05) is 48.5 Å². The van der Waals surface area contributed by atoms with E-state index in [0.717, 1.165) is 66.4 Å². The summed E-state index contributed by atoms with van der Waals surface area (Å²) >= 11 is 0. The van der Waals surface area contributed by atoms with E-state index in [0.29, 0.717) is 11.9 Å². The van der Waals surface area contributed by atoms with Crippen LogP contribution in [0.1, 0.15) is 0 Å². The van der Waals surface area contributed by atoms with E-state index in [9.17, 15) is 0 Å². The van der Waals surface area contributed by atoms with Gasteiger partial charge in [-0.15, -0.1) is 0 Å². The van der Waals surface area contributed by atoms with Gasteiger partial charge in [0.25, 0.3) is 0 Å². The average molecular weight is 610 g/mol. The zero-order valence-electron chi connectivity index (χ0n) is 25.4. The Bertz CT molecular complexity index is 2400. The highest BCUT2D eigenvalue weighted by Crippen LogP contribution is 2.47. The highest BCUT2D eigenvalue weighted by atomic mass is 16.5. The first-order valence-corrected chi connectivity index (χ1v) is 15.3. The molecule has 0 atom stereocenters. The Labute approximate surface area is 269 Å². The van der Waals surface area contributed by atoms with Crippen LogP contribution in [0.25, 0.3) is 55.5 Å². The third-order valence-electron chi connectivity index (χ3n) is 8.67. The van der Waals surface area contributed by atoms with Crippen LogP contribution in [0.15, 0.2) is 146 Å². The molecule has 0 bridgehead atoms. The molecule has 0 N–H and O–H groups in total. The number of aromatic nitrogens is 6. The summed E-state index contributed by atoms with van der Waals surface area (Å²) in [5, 5.41) is 4.41. The molecular formula is C39H27N7O. The van der Waals surface area contributed by atoms with Crippen LogP contribution in [0.3, 0.4) is 0 Å². The van der Waals surface area contributed by atoms with E-state index >= 15 is 0 Å². The van der Waals surface area contributed by atoms with E-state index in [-0.39, 0.29) is 0 Å². The van der Waals surface area contributed by atoms with Crippen LogP contribution in [-0.4, -0.2) is 36.2 Å². The maximum atomic E-state index is 5.57. The van der Waals surface area contributed by atoms with Crippen molar-refractivity contribution < 1.29 is 4.74 Å². The van der Waals surface area contributed by atoms with Crippen molar-refractivity contribution in [2.75, 3.05) is 12.0 Å². The monoisotopic (exact) mass is 609 g/mol. The normalized spacial score (nSPS) is 11.5. The number of methoxy groups -OCH3 is 1. The average Bonchev–Trinajstić information content (AvgIpc) is 3.67. The number of para-hydroxylation sites is 2. The van der Waals surface area contributed by atoms with Crippen molar-refractivity contribution >= 4 is 60.7 Å². The Morgan fingerprint density at radius 3 is 1.38 bits per heavy atom. The Hall–Kier alpha value is -6.54. The number of fused-ring (bicyclic) bond motifs is 6. The van der Waals surface area contributed by atoms with Gasteiger partial charge in [-0.2, -0.15) is 0 Å². The summed E-state index contributed by atoms with van der Waals surface area (Å²) in [6, 6.07) is 41.6. The van der Waals surface area contributed by atoms with Crippen molar-refractivity contribution in [1.82, 2.24) is 29.1 Å². The molecule has 0 aliphatic heterocycles. The topological polar surface area (TPSA) is 73.9 Å². The zero-order chi connectivity index (χ0) is 31.3. The molecule has 0 fully saturated rings. The Balaban J connectivity index is 1.41. The molecule has 8 heteroatoms. The van der Waals surface area contributed by atoms with Gasteiger partial charge < -0.3 is 9.64 Å². The standard InChI is InChI=1S/C39H27N7O/c1-47-27-20-18-26(19-21-27)44(32-14-6-16-34-36(32)28-10-2-4-12-30(28)45(34)38-40-22-8-23-41-38)33-15-7-17-35-37(33)29-11-3-5-13-31(29)46(35)39-42-24-9-25-43-39/h2-25H,1H3. The van der Waals surface area contributed by atoms with Gasteiger partial charge in [-0.05, 0) is 72.8 Å². The Morgan fingerprint density at radius 1 is 0.468 bits per heavy atom. The zero-order valence-corrected chi connectivity index (χ0v) is 25.4. The van der Waals surface area contributed by atoms with E-state index in [1.807, 2.05) is 24.3 Å². The molecular weight excluding hydrogens is 582 g/mol.